The molecule has 0 aliphatic heterocycles. The molecule has 0 heterocycles. The van der Waals surface area contributed by atoms with Gasteiger partial charge in [0.1, 0.15) is 6.07 Å². The van der Waals surface area contributed by atoms with E-state index in [2.05, 4.69) is 16.7 Å². The maximum Gasteiger partial charge on any atom is 0.221 e. The topological polar surface area (TPSA) is 74.2 Å². The first kappa shape index (κ1) is 15.3. The van der Waals surface area contributed by atoms with E-state index >= 15 is 0 Å². The minimum absolute atomic E-state index is 0.0583. The Bertz CT molecular complexity index is 471. The Morgan fingerprint density at radius 2 is 2.26 bits per heavy atom. The fourth-order valence-electron chi connectivity index (χ4n) is 1.45. The molecule has 1 aromatic carbocycles. The van der Waals surface area contributed by atoms with Crippen molar-refractivity contribution in [1.29, 1.82) is 5.26 Å². The first-order chi connectivity index (χ1) is 9.17. The summed E-state index contributed by atoms with van der Waals surface area (Å²) in [6.45, 7) is 1.45. The number of anilines is 1. The molecule has 0 unspecified atom stereocenters. The molecule has 0 spiro atoms. The van der Waals surface area contributed by atoms with Crippen LogP contribution < -0.4 is 10.6 Å². The molecule has 0 atom stereocenters. The number of benzene rings is 1. The molecule has 19 heavy (non-hydrogen) atoms. The summed E-state index contributed by atoms with van der Waals surface area (Å²) in [5, 5.41) is 15.2. The Morgan fingerprint density at radius 3 is 2.95 bits per heavy atom. The molecule has 102 valence electrons. The number of nitrogens with one attached hydrogen (secondary N) is 2. The second-order valence-corrected chi connectivity index (χ2v) is 4.26. The number of halogens is 1. The molecule has 0 aromatic heterocycles. The van der Waals surface area contributed by atoms with Crippen LogP contribution in [0.1, 0.15) is 12.0 Å². The maximum atomic E-state index is 11.4. The van der Waals surface area contributed by atoms with Crippen LogP contribution in [0, 0.1) is 11.3 Å². The number of ether oxygens (including phenoxy) is 1. The van der Waals surface area contributed by atoms with Crippen LogP contribution in [0.3, 0.4) is 0 Å². The summed E-state index contributed by atoms with van der Waals surface area (Å²) >= 11 is 5.80. The average Bonchev–Trinajstić information content (AvgIpc) is 2.40. The summed E-state index contributed by atoms with van der Waals surface area (Å²) in [6, 6.07) is 7.06. The number of nitriles is 1. The highest BCUT2D eigenvalue weighted by Crippen LogP contribution is 2.19. The molecule has 6 heteroatoms. The number of carbonyl (C=O) groups is 1. The van der Waals surface area contributed by atoms with E-state index in [1.165, 1.54) is 0 Å². The van der Waals surface area contributed by atoms with Crippen LogP contribution in [0.15, 0.2) is 18.2 Å². The molecule has 0 saturated carbocycles. The van der Waals surface area contributed by atoms with Crippen LogP contribution in [0.2, 0.25) is 5.02 Å². The third-order valence-electron chi connectivity index (χ3n) is 2.40. The molecule has 0 saturated heterocycles. The molecule has 1 rings (SSSR count). The van der Waals surface area contributed by atoms with Crippen LogP contribution in [0.4, 0.5) is 5.69 Å². The summed E-state index contributed by atoms with van der Waals surface area (Å²) < 4.78 is 4.83. The number of amides is 1. The molecule has 2 N–H and O–H groups in total. The zero-order valence-corrected chi connectivity index (χ0v) is 11.5. The number of carbonyl (C=O) groups excluding carboxylic acids is 1. The molecule has 5 nitrogen and oxygen atoms in total. The van der Waals surface area contributed by atoms with E-state index < -0.39 is 0 Å². The molecule has 1 amide bonds. The number of hydrogen-bond donors (Lipinski definition) is 2. The molecule has 0 bridgehead atoms. The lowest BCUT2D eigenvalue weighted by Gasteiger charge is -2.08. The van der Waals surface area contributed by atoms with Crippen LogP contribution in [0.25, 0.3) is 0 Å². The normalized spacial score (nSPS) is 9.74. The van der Waals surface area contributed by atoms with Gasteiger partial charge in [-0.1, -0.05) is 11.6 Å². The van der Waals surface area contributed by atoms with Gasteiger partial charge in [-0.05, 0) is 18.2 Å². The third kappa shape index (κ3) is 5.60. The van der Waals surface area contributed by atoms with Crippen molar-refractivity contribution in [2.45, 2.75) is 6.42 Å². The first-order valence-electron chi connectivity index (χ1n) is 5.86. The highest BCUT2D eigenvalue weighted by atomic mass is 35.5. The monoisotopic (exact) mass is 281 g/mol. The van der Waals surface area contributed by atoms with Crippen molar-refractivity contribution in [3.05, 3.63) is 28.8 Å². The minimum Gasteiger partial charge on any atom is -0.383 e. The van der Waals surface area contributed by atoms with Gasteiger partial charge in [0.15, 0.2) is 0 Å². The smallest absolute Gasteiger partial charge is 0.221 e. The predicted octanol–water partition coefficient (Wildman–Crippen LogP) is 1.78. The second kappa shape index (κ2) is 8.35. The van der Waals surface area contributed by atoms with Crippen molar-refractivity contribution in [1.82, 2.24) is 5.32 Å². The van der Waals surface area contributed by atoms with Gasteiger partial charge in [0.05, 0.1) is 17.9 Å². The van der Waals surface area contributed by atoms with Crippen molar-refractivity contribution < 1.29 is 9.53 Å². The van der Waals surface area contributed by atoms with Gasteiger partial charge < -0.3 is 15.4 Å². The minimum atomic E-state index is -0.0583. The molecule has 0 fully saturated rings. The number of nitrogens with zero attached hydrogens (tertiary/aromatic N) is 1. The Morgan fingerprint density at radius 1 is 1.47 bits per heavy atom. The molecule has 0 aliphatic carbocycles. The quantitative estimate of drug-likeness (QED) is 0.747. The number of methoxy groups -OCH3 is 1. The van der Waals surface area contributed by atoms with Gasteiger partial charge in [-0.3, -0.25) is 4.79 Å². The van der Waals surface area contributed by atoms with Crippen LogP contribution in [-0.4, -0.2) is 32.7 Å². The van der Waals surface area contributed by atoms with Crippen molar-refractivity contribution in [2.75, 3.05) is 32.1 Å². The lowest BCUT2D eigenvalue weighted by Crippen LogP contribution is -2.28. The van der Waals surface area contributed by atoms with Crippen LogP contribution in [0.5, 0.6) is 0 Å². The lowest BCUT2D eigenvalue weighted by atomic mass is 10.2. The third-order valence-corrected chi connectivity index (χ3v) is 2.63. The molecular formula is C13H16ClN3O2. The van der Waals surface area contributed by atoms with E-state index in [1.807, 2.05) is 0 Å². The standard InChI is InChI=1S/C13H16ClN3O2/c1-19-7-6-17-13(18)4-5-16-12-3-2-11(14)8-10(12)9-15/h2-3,8,16H,4-7H2,1H3,(H,17,18). The molecular weight excluding hydrogens is 266 g/mol. The van der Waals surface area contributed by atoms with Crippen LogP contribution >= 0.6 is 11.6 Å². The molecule has 0 radical (unpaired) electrons. The van der Waals surface area contributed by atoms with Crippen molar-refractivity contribution in [3.8, 4) is 6.07 Å². The highest BCUT2D eigenvalue weighted by Gasteiger charge is 2.04. The van der Waals surface area contributed by atoms with Crippen molar-refractivity contribution in [3.63, 3.8) is 0 Å². The zero-order chi connectivity index (χ0) is 14.1. The second-order valence-electron chi connectivity index (χ2n) is 3.82. The van der Waals surface area contributed by atoms with E-state index in [1.54, 1.807) is 25.3 Å². The van der Waals surface area contributed by atoms with E-state index in [0.29, 0.717) is 42.4 Å². The van der Waals surface area contributed by atoms with Gasteiger partial charge in [0.25, 0.3) is 0 Å². The summed E-state index contributed by atoms with van der Waals surface area (Å²) in [5.41, 5.74) is 1.14. The number of hydrogen-bond acceptors (Lipinski definition) is 4. The fraction of sp³-hybridized carbons (Fsp3) is 0.385. The van der Waals surface area contributed by atoms with E-state index in [9.17, 15) is 4.79 Å². The molecule has 0 aliphatic rings. The van der Waals surface area contributed by atoms with Gasteiger partial charge in [-0.2, -0.15) is 5.26 Å². The largest absolute Gasteiger partial charge is 0.383 e. The molecule has 1 aromatic rings. The predicted molar refractivity (Wildman–Crippen MR) is 74.2 cm³/mol. The Kier molecular flexibility index (Phi) is 6.72. The van der Waals surface area contributed by atoms with Gasteiger partial charge in [-0.15, -0.1) is 0 Å². The average molecular weight is 282 g/mol. The van der Waals surface area contributed by atoms with E-state index in [0.717, 1.165) is 0 Å². The van der Waals surface area contributed by atoms with Crippen molar-refractivity contribution >= 4 is 23.2 Å². The maximum absolute atomic E-state index is 11.4. The van der Waals surface area contributed by atoms with E-state index in [4.69, 9.17) is 21.6 Å². The van der Waals surface area contributed by atoms with Gasteiger partial charge >= 0.3 is 0 Å². The van der Waals surface area contributed by atoms with Crippen molar-refractivity contribution in [2.24, 2.45) is 0 Å². The summed E-state index contributed by atoms with van der Waals surface area (Å²) in [5.74, 6) is -0.0583. The Balaban J connectivity index is 2.37. The Labute approximate surface area is 117 Å². The zero-order valence-electron chi connectivity index (χ0n) is 10.7. The summed E-state index contributed by atoms with van der Waals surface area (Å²) in [6.07, 6.45) is 0.331. The first-order valence-corrected chi connectivity index (χ1v) is 6.24. The fourth-order valence-corrected chi connectivity index (χ4v) is 1.63. The summed E-state index contributed by atoms with van der Waals surface area (Å²) in [7, 11) is 1.58. The Hall–Kier alpha value is -1.77. The number of rotatable bonds is 7. The van der Waals surface area contributed by atoms with E-state index in [-0.39, 0.29) is 5.91 Å². The SMILES string of the molecule is COCCNC(=O)CCNc1ccc(Cl)cc1C#N. The van der Waals surface area contributed by atoms with Gasteiger partial charge in [0.2, 0.25) is 5.91 Å². The summed E-state index contributed by atoms with van der Waals surface area (Å²) in [4.78, 5) is 11.4. The van der Waals surface area contributed by atoms with Crippen LogP contribution in [-0.2, 0) is 9.53 Å². The highest BCUT2D eigenvalue weighted by molar-refractivity contribution is 6.30. The van der Waals surface area contributed by atoms with Gasteiger partial charge in [-0.25, -0.2) is 0 Å². The van der Waals surface area contributed by atoms with Gasteiger partial charge in [0, 0.05) is 31.6 Å². The lowest BCUT2D eigenvalue weighted by molar-refractivity contribution is -0.121.